The van der Waals surface area contributed by atoms with Gasteiger partial charge in [-0.2, -0.15) is 11.8 Å². The van der Waals surface area contributed by atoms with Crippen LogP contribution in [0.4, 0.5) is 0 Å². The molecule has 0 aliphatic carbocycles. The van der Waals surface area contributed by atoms with E-state index in [1.807, 2.05) is 31.7 Å². The Labute approximate surface area is 166 Å². The van der Waals surface area contributed by atoms with E-state index < -0.39 is 6.04 Å². The fourth-order valence-corrected chi connectivity index (χ4v) is 3.91. The molecule has 0 aliphatic rings. The normalized spacial score (nSPS) is 12.0. The predicted octanol–water partition coefficient (Wildman–Crippen LogP) is 3.36. The molecule has 1 amide bonds. The minimum absolute atomic E-state index is 0.119. The smallest absolute Gasteiger partial charge is 0.237 e. The van der Waals surface area contributed by atoms with Crippen LogP contribution >= 0.6 is 11.8 Å². The molecule has 1 atom stereocenters. The van der Waals surface area contributed by atoms with Crippen LogP contribution in [0.5, 0.6) is 5.75 Å². The van der Waals surface area contributed by atoms with E-state index in [1.54, 1.807) is 12.1 Å². The zero-order chi connectivity index (χ0) is 19.6. The van der Waals surface area contributed by atoms with Crippen LogP contribution < -0.4 is 11.1 Å². The number of benzene rings is 2. The lowest BCUT2D eigenvalue weighted by atomic mass is 9.96. The Hall–Kier alpha value is -1.98. The van der Waals surface area contributed by atoms with Crippen molar-refractivity contribution >= 4 is 17.7 Å². The second-order valence-corrected chi connectivity index (χ2v) is 8.09. The molecule has 0 aliphatic heterocycles. The van der Waals surface area contributed by atoms with Crippen LogP contribution in [0, 0.1) is 13.8 Å². The summed E-state index contributed by atoms with van der Waals surface area (Å²) in [6, 6.07) is 13.3. The van der Waals surface area contributed by atoms with Crippen molar-refractivity contribution in [2.45, 2.75) is 39.2 Å². The molecule has 0 fully saturated rings. The van der Waals surface area contributed by atoms with Gasteiger partial charge in [-0.05, 0) is 73.2 Å². The van der Waals surface area contributed by atoms with Crippen LogP contribution in [-0.2, 0) is 17.6 Å². The molecular weight excluding hydrogens is 356 g/mol. The zero-order valence-corrected chi connectivity index (χ0v) is 17.0. The van der Waals surface area contributed by atoms with Gasteiger partial charge in [-0.1, -0.05) is 30.3 Å². The van der Waals surface area contributed by atoms with Gasteiger partial charge in [-0.3, -0.25) is 4.79 Å². The molecule has 2 aromatic carbocycles. The highest BCUT2D eigenvalue weighted by Crippen LogP contribution is 2.21. The maximum atomic E-state index is 12.2. The number of hydrogen-bond acceptors (Lipinski definition) is 4. The Bertz CT molecular complexity index is 711. The Morgan fingerprint density at radius 2 is 1.81 bits per heavy atom. The molecule has 2 aromatic rings. The third-order valence-corrected chi connectivity index (χ3v) is 5.65. The quantitative estimate of drug-likeness (QED) is 0.547. The van der Waals surface area contributed by atoms with E-state index in [4.69, 9.17) is 5.73 Å². The number of hydrogen-bond donors (Lipinski definition) is 3. The van der Waals surface area contributed by atoms with Crippen molar-refractivity contribution in [3.05, 3.63) is 64.7 Å². The third kappa shape index (κ3) is 7.27. The van der Waals surface area contributed by atoms with Gasteiger partial charge in [0.25, 0.3) is 0 Å². The molecule has 0 heterocycles. The van der Waals surface area contributed by atoms with E-state index >= 15 is 0 Å². The number of rotatable bonds is 10. The molecule has 0 radical (unpaired) electrons. The Morgan fingerprint density at radius 3 is 2.48 bits per heavy atom. The molecule has 1 unspecified atom stereocenters. The number of aromatic hydroxyl groups is 1. The lowest BCUT2D eigenvalue weighted by Gasteiger charge is -2.16. The van der Waals surface area contributed by atoms with Crippen LogP contribution in [0.25, 0.3) is 0 Å². The highest BCUT2D eigenvalue weighted by Gasteiger charge is 2.16. The molecule has 27 heavy (non-hydrogen) atoms. The fraction of sp³-hybridized carbons (Fsp3) is 0.409. The maximum Gasteiger partial charge on any atom is 0.237 e. The van der Waals surface area contributed by atoms with E-state index in [2.05, 4.69) is 29.6 Å². The predicted molar refractivity (Wildman–Crippen MR) is 114 cm³/mol. The van der Waals surface area contributed by atoms with Crippen LogP contribution in [0.15, 0.2) is 42.5 Å². The third-order valence-electron chi connectivity index (χ3n) is 4.58. The summed E-state index contributed by atoms with van der Waals surface area (Å²) in [6.45, 7) is 4.49. The lowest BCUT2D eigenvalue weighted by Crippen LogP contribution is -2.43. The molecule has 4 N–H and O–H groups in total. The SMILES string of the molecule is Cc1cc(O)cc(C)c1CC(N)C(=O)NCCSCCCc1ccccc1. The summed E-state index contributed by atoms with van der Waals surface area (Å²) in [7, 11) is 0. The van der Waals surface area contributed by atoms with Gasteiger partial charge < -0.3 is 16.2 Å². The summed E-state index contributed by atoms with van der Waals surface area (Å²) in [5.74, 6) is 2.11. The van der Waals surface area contributed by atoms with Crippen LogP contribution in [0.3, 0.4) is 0 Å². The van der Waals surface area contributed by atoms with Crippen LogP contribution in [0.2, 0.25) is 0 Å². The molecule has 0 bridgehead atoms. The summed E-state index contributed by atoms with van der Waals surface area (Å²) in [6.07, 6.45) is 2.71. The minimum Gasteiger partial charge on any atom is -0.508 e. The van der Waals surface area contributed by atoms with Crippen LogP contribution in [-0.4, -0.2) is 35.1 Å². The number of carbonyl (C=O) groups excluding carboxylic acids is 1. The minimum atomic E-state index is -0.574. The number of carbonyl (C=O) groups is 1. The van der Waals surface area contributed by atoms with Crippen molar-refractivity contribution in [3.63, 3.8) is 0 Å². The Balaban J connectivity index is 1.62. The first-order valence-electron chi connectivity index (χ1n) is 9.41. The highest BCUT2D eigenvalue weighted by molar-refractivity contribution is 7.99. The average Bonchev–Trinajstić information content (AvgIpc) is 2.64. The highest BCUT2D eigenvalue weighted by atomic mass is 32.2. The number of phenolic OH excluding ortho intramolecular Hbond substituents is 1. The maximum absolute atomic E-state index is 12.2. The first-order chi connectivity index (χ1) is 13.0. The van der Waals surface area contributed by atoms with E-state index in [1.165, 1.54) is 5.56 Å². The summed E-state index contributed by atoms with van der Waals surface area (Å²) < 4.78 is 0. The summed E-state index contributed by atoms with van der Waals surface area (Å²) >= 11 is 1.85. The van der Waals surface area contributed by atoms with Gasteiger partial charge >= 0.3 is 0 Å². The second kappa shape index (κ2) is 11.0. The molecule has 0 spiro atoms. The summed E-state index contributed by atoms with van der Waals surface area (Å²) in [4.78, 5) is 12.2. The molecule has 4 nitrogen and oxygen atoms in total. The molecule has 0 aromatic heterocycles. The van der Waals surface area contributed by atoms with E-state index in [9.17, 15) is 9.90 Å². The average molecular weight is 387 g/mol. The van der Waals surface area contributed by atoms with Crippen molar-refractivity contribution in [1.29, 1.82) is 0 Å². The van der Waals surface area contributed by atoms with Gasteiger partial charge in [-0.15, -0.1) is 0 Å². The van der Waals surface area contributed by atoms with E-state index in [0.29, 0.717) is 13.0 Å². The molecular formula is C22H30N2O2S. The topological polar surface area (TPSA) is 75.3 Å². The van der Waals surface area contributed by atoms with Crippen molar-refractivity contribution in [2.24, 2.45) is 5.73 Å². The first kappa shape index (κ1) is 21.3. The Kier molecular flexibility index (Phi) is 8.69. The van der Waals surface area contributed by atoms with Gasteiger partial charge in [0.1, 0.15) is 5.75 Å². The van der Waals surface area contributed by atoms with Gasteiger partial charge in [-0.25, -0.2) is 0 Å². The van der Waals surface area contributed by atoms with Crippen molar-refractivity contribution < 1.29 is 9.90 Å². The van der Waals surface area contributed by atoms with Crippen molar-refractivity contribution in [3.8, 4) is 5.75 Å². The van der Waals surface area contributed by atoms with Gasteiger partial charge in [0.15, 0.2) is 0 Å². The van der Waals surface area contributed by atoms with E-state index in [0.717, 1.165) is 41.0 Å². The molecule has 5 heteroatoms. The lowest BCUT2D eigenvalue weighted by molar-refractivity contribution is -0.122. The standard InChI is InChI=1S/C22H30N2O2S/c1-16-13-19(25)14-17(2)20(16)15-21(23)22(26)24-10-12-27-11-6-9-18-7-4-3-5-8-18/h3-5,7-8,13-14,21,25H,6,9-12,15,23H2,1-2H3,(H,24,26). The van der Waals surface area contributed by atoms with Gasteiger partial charge in [0.05, 0.1) is 6.04 Å². The van der Waals surface area contributed by atoms with Crippen molar-refractivity contribution in [2.75, 3.05) is 18.1 Å². The summed E-state index contributed by atoms with van der Waals surface area (Å²) in [5.41, 5.74) is 10.4. The number of phenols is 1. The summed E-state index contributed by atoms with van der Waals surface area (Å²) in [5, 5.41) is 12.5. The van der Waals surface area contributed by atoms with Crippen LogP contribution in [0.1, 0.15) is 28.7 Å². The Morgan fingerprint density at radius 1 is 1.15 bits per heavy atom. The number of nitrogens with two attached hydrogens (primary N) is 1. The first-order valence-corrected chi connectivity index (χ1v) is 10.6. The second-order valence-electron chi connectivity index (χ2n) is 6.86. The number of aryl methyl sites for hydroxylation is 3. The fourth-order valence-electron chi connectivity index (χ4n) is 3.11. The molecule has 146 valence electrons. The number of amides is 1. The zero-order valence-electron chi connectivity index (χ0n) is 16.2. The largest absolute Gasteiger partial charge is 0.508 e. The van der Waals surface area contributed by atoms with Gasteiger partial charge in [0, 0.05) is 12.3 Å². The molecule has 2 rings (SSSR count). The monoisotopic (exact) mass is 386 g/mol. The number of nitrogens with one attached hydrogen (secondary N) is 1. The number of thioether (sulfide) groups is 1. The van der Waals surface area contributed by atoms with E-state index in [-0.39, 0.29) is 11.7 Å². The molecule has 0 saturated heterocycles. The molecule has 0 saturated carbocycles. The van der Waals surface area contributed by atoms with Crippen molar-refractivity contribution in [1.82, 2.24) is 5.32 Å². The van der Waals surface area contributed by atoms with Gasteiger partial charge in [0.2, 0.25) is 5.91 Å².